The molecule has 2 fully saturated rings. The Kier molecular flexibility index (Phi) is 5.20. The second-order valence-electron chi connectivity index (χ2n) is 7.11. The summed E-state index contributed by atoms with van der Waals surface area (Å²) in [4.78, 5) is 30.6. The molecule has 2 amide bonds. The number of rotatable bonds is 9. The van der Waals surface area contributed by atoms with Crippen LogP contribution in [0.25, 0.3) is 0 Å². The summed E-state index contributed by atoms with van der Waals surface area (Å²) < 4.78 is 11.0. The first kappa shape index (κ1) is 17.7. The summed E-state index contributed by atoms with van der Waals surface area (Å²) in [6, 6.07) is 10.2. The average Bonchev–Trinajstić information content (AvgIpc) is 3.61. The van der Waals surface area contributed by atoms with E-state index in [2.05, 4.69) is 10.3 Å². The monoisotopic (exact) mass is 369 g/mol. The zero-order valence-electron chi connectivity index (χ0n) is 15.1. The van der Waals surface area contributed by atoms with E-state index in [1.54, 1.807) is 4.90 Å². The fourth-order valence-electron chi connectivity index (χ4n) is 2.84. The zero-order chi connectivity index (χ0) is 18.6. The molecule has 0 bridgehead atoms. The summed E-state index contributed by atoms with van der Waals surface area (Å²) in [6.45, 7) is 0.672. The van der Waals surface area contributed by atoms with Gasteiger partial charge >= 0.3 is 0 Å². The van der Waals surface area contributed by atoms with Gasteiger partial charge in [0, 0.05) is 12.1 Å². The number of nitrogens with one attached hydrogen (secondary N) is 1. The van der Waals surface area contributed by atoms with Crippen LogP contribution in [-0.2, 0) is 22.7 Å². The van der Waals surface area contributed by atoms with Crippen molar-refractivity contribution in [3.8, 4) is 0 Å². The molecule has 1 aromatic heterocycles. The molecule has 0 saturated heterocycles. The van der Waals surface area contributed by atoms with Crippen molar-refractivity contribution in [2.45, 2.75) is 50.9 Å². The number of oxazole rings is 1. The van der Waals surface area contributed by atoms with Crippen LogP contribution in [0, 0.1) is 0 Å². The molecule has 1 N–H and O–H groups in total. The molecule has 2 aromatic rings. The molecule has 0 atom stereocenters. The topological polar surface area (TPSA) is 84.7 Å². The van der Waals surface area contributed by atoms with Crippen molar-refractivity contribution < 1.29 is 18.7 Å². The number of aromatic nitrogens is 1. The number of amides is 2. The molecular formula is C20H23N3O4. The van der Waals surface area contributed by atoms with Gasteiger partial charge in [-0.05, 0) is 31.2 Å². The number of hydrogen-bond donors (Lipinski definition) is 1. The summed E-state index contributed by atoms with van der Waals surface area (Å²) >= 11 is 0. The Morgan fingerprint density at radius 1 is 1.19 bits per heavy atom. The van der Waals surface area contributed by atoms with Crippen LogP contribution in [0.1, 0.15) is 47.6 Å². The largest absolute Gasteiger partial charge is 0.446 e. The van der Waals surface area contributed by atoms with Crippen molar-refractivity contribution in [1.29, 1.82) is 0 Å². The molecule has 1 aromatic carbocycles. The maximum Gasteiger partial charge on any atom is 0.273 e. The van der Waals surface area contributed by atoms with Gasteiger partial charge in [-0.3, -0.25) is 9.59 Å². The Balaban J connectivity index is 1.30. The number of carbonyl (C=O) groups excluding carboxylic acids is 2. The molecule has 4 rings (SSSR count). The van der Waals surface area contributed by atoms with E-state index < -0.39 is 0 Å². The van der Waals surface area contributed by atoms with E-state index in [4.69, 9.17) is 9.15 Å². The first-order chi connectivity index (χ1) is 13.2. The van der Waals surface area contributed by atoms with Crippen LogP contribution < -0.4 is 5.32 Å². The van der Waals surface area contributed by atoms with Crippen LogP contribution in [0.4, 0.5) is 0 Å². The third-order valence-electron chi connectivity index (χ3n) is 4.65. The third-order valence-corrected chi connectivity index (χ3v) is 4.65. The van der Waals surface area contributed by atoms with E-state index in [0.29, 0.717) is 12.5 Å². The lowest BCUT2D eigenvalue weighted by Gasteiger charge is -2.20. The highest BCUT2D eigenvalue weighted by Gasteiger charge is 2.34. The van der Waals surface area contributed by atoms with E-state index in [1.807, 2.05) is 30.3 Å². The Morgan fingerprint density at radius 3 is 2.67 bits per heavy atom. The van der Waals surface area contributed by atoms with Crippen LogP contribution in [0.15, 0.2) is 41.0 Å². The maximum absolute atomic E-state index is 12.6. The van der Waals surface area contributed by atoms with Gasteiger partial charge in [0.25, 0.3) is 5.91 Å². The van der Waals surface area contributed by atoms with E-state index in [0.717, 1.165) is 31.2 Å². The van der Waals surface area contributed by atoms with Crippen LogP contribution >= 0.6 is 0 Å². The minimum atomic E-state index is -0.219. The van der Waals surface area contributed by atoms with Crippen molar-refractivity contribution in [3.05, 3.63) is 53.7 Å². The highest BCUT2D eigenvalue weighted by atomic mass is 16.5. The maximum atomic E-state index is 12.6. The Labute approximate surface area is 157 Å². The number of benzene rings is 1. The molecule has 2 aliphatic rings. The molecule has 0 unspecified atom stereocenters. The molecule has 0 aliphatic heterocycles. The summed E-state index contributed by atoms with van der Waals surface area (Å²) in [6.07, 6.45) is 5.33. The first-order valence-corrected chi connectivity index (χ1v) is 9.35. The number of hydrogen-bond acceptors (Lipinski definition) is 5. The van der Waals surface area contributed by atoms with Gasteiger partial charge in [0.2, 0.25) is 11.8 Å². The van der Waals surface area contributed by atoms with E-state index in [9.17, 15) is 9.59 Å². The van der Waals surface area contributed by atoms with Gasteiger partial charge in [-0.15, -0.1) is 0 Å². The Bertz CT molecular complexity index is 797. The van der Waals surface area contributed by atoms with Crippen LogP contribution in [0.3, 0.4) is 0 Å². The molecule has 0 spiro atoms. The lowest BCUT2D eigenvalue weighted by atomic mass is 10.2. The minimum absolute atomic E-state index is 0.0150. The smallest absolute Gasteiger partial charge is 0.273 e. The highest BCUT2D eigenvalue weighted by molar-refractivity contribution is 5.92. The predicted molar refractivity (Wildman–Crippen MR) is 96.7 cm³/mol. The molecule has 142 valence electrons. The fourth-order valence-corrected chi connectivity index (χ4v) is 2.84. The van der Waals surface area contributed by atoms with Crippen LogP contribution in [0.5, 0.6) is 0 Å². The lowest BCUT2D eigenvalue weighted by molar-refractivity contribution is -0.138. The highest BCUT2D eigenvalue weighted by Crippen LogP contribution is 2.28. The third kappa shape index (κ3) is 4.95. The van der Waals surface area contributed by atoms with Crippen molar-refractivity contribution in [2.24, 2.45) is 0 Å². The molecule has 7 nitrogen and oxygen atoms in total. The quantitative estimate of drug-likeness (QED) is 0.733. The van der Waals surface area contributed by atoms with Gasteiger partial charge in [-0.2, -0.15) is 0 Å². The summed E-state index contributed by atoms with van der Waals surface area (Å²) in [5.74, 6) is 0.0675. The van der Waals surface area contributed by atoms with Crippen LogP contribution in [0.2, 0.25) is 0 Å². The van der Waals surface area contributed by atoms with E-state index in [1.165, 1.54) is 6.26 Å². The summed E-state index contributed by atoms with van der Waals surface area (Å²) in [5.41, 5.74) is 1.29. The number of ether oxygens (including phenoxy) is 1. The molecule has 7 heteroatoms. The van der Waals surface area contributed by atoms with Gasteiger partial charge in [0.05, 0.1) is 13.2 Å². The van der Waals surface area contributed by atoms with Crippen LogP contribution in [-0.4, -0.2) is 40.4 Å². The summed E-state index contributed by atoms with van der Waals surface area (Å²) in [5, 5.41) is 2.88. The SMILES string of the molecule is O=C(NC1CC1)c1coc(CN(C(=O)COCc2ccccc2)C2CC2)n1. The summed E-state index contributed by atoms with van der Waals surface area (Å²) in [7, 11) is 0. The van der Waals surface area contributed by atoms with E-state index in [-0.39, 0.29) is 42.7 Å². The number of carbonyl (C=O) groups is 2. The Hall–Kier alpha value is -2.67. The van der Waals surface area contributed by atoms with Gasteiger partial charge in [-0.1, -0.05) is 30.3 Å². The first-order valence-electron chi connectivity index (χ1n) is 9.35. The standard InChI is InChI=1S/C20H23N3O4/c24-19(13-26-11-14-4-2-1-3-5-14)23(16-8-9-16)10-18-22-17(12-27-18)20(25)21-15-6-7-15/h1-5,12,15-16H,6-11,13H2,(H,21,25). The lowest BCUT2D eigenvalue weighted by Crippen LogP contribution is -2.35. The van der Waals surface area contributed by atoms with Gasteiger partial charge in [0.15, 0.2) is 5.69 Å². The molecule has 0 radical (unpaired) electrons. The fraction of sp³-hybridized carbons (Fsp3) is 0.450. The minimum Gasteiger partial charge on any atom is -0.446 e. The van der Waals surface area contributed by atoms with Crippen molar-refractivity contribution in [1.82, 2.24) is 15.2 Å². The molecule has 2 aliphatic carbocycles. The van der Waals surface area contributed by atoms with Crippen molar-refractivity contribution in [2.75, 3.05) is 6.61 Å². The second kappa shape index (κ2) is 7.92. The predicted octanol–water partition coefficient (Wildman–Crippen LogP) is 2.27. The number of nitrogens with zero attached hydrogens (tertiary/aromatic N) is 2. The second-order valence-corrected chi connectivity index (χ2v) is 7.11. The van der Waals surface area contributed by atoms with Crippen molar-refractivity contribution >= 4 is 11.8 Å². The van der Waals surface area contributed by atoms with Gasteiger partial charge < -0.3 is 19.4 Å². The zero-order valence-corrected chi connectivity index (χ0v) is 15.1. The Morgan fingerprint density at radius 2 is 1.96 bits per heavy atom. The molecular weight excluding hydrogens is 346 g/mol. The van der Waals surface area contributed by atoms with Gasteiger partial charge in [0.1, 0.15) is 12.9 Å². The van der Waals surface area contributed by atoms with Gasteiger partial charge in [-0.25, -0.2) is 4.98 Å². The van der Waals surface area contributed by atoms with E-state index >= 15 is 0 Å². The average molecular weight is 369 g/mol. The molecule has 27 heavy (non-hydrogen) atoms. The molecule has 2 saturated carbocycles. The normalized spacial score (nSPS) is 16.1. The van der Waals surface area contributed by atoms with Crippen molar-refractivity contribution in [3.63, 3.8) is 0 Å². The molecule has 1 heterocycles.